The van der Waals surface area contributed by atoms with Gasteiger partial charge in [0.05, 0.1) is 38.6 Å². The number of aliphatic hydroxyl groups is 11. The van der Waals surface area contributed by atoms with Gasteiger partial charge in [0.2, 0.25) is 5.91 Å². The number of hydrogen-bond acceptors (Lipinski definition) is 18. The van der Waals surface area contributed by atoms with Crippen molar-refractivity contribution >= 4 is 5.91 Å². The Bertz CT molecular complexity index is 1920. The van der Waals surface area contributed by atoms with E-state index in [1.807, 2.05) is 6.08 Å². The van der Waals surface area contributed by atoms with Gasteiger partial charge in [0, 0.05) is 6.42 Å². The van der Waals surface area contributed by atoms with Crippen molar-refractivity contribution < 1.29 is 89.4 Å². The van der Waals surface area contributed by atoms with E-state index in [2.05, 4.69) is 104 Å². The average Bonchev–Trinajstić information content (AvgIpc) is 3.63. The zero-order valence-electron chi connectivity index (χ0n) is 51.0. The summed E-state index contributed by atoms with van der Waals surface area (Å²) in [6, 6.07) is -1.00. The SMILES string of the molecule is CC/C=C\C/C=C\C/C=C\C/C=C\C/C=C\C/C=C\CCCCCCCCC(=O)NC(COC1OC(CO)C(OC2OC(CO)C(OC3OC(CO)C(O)C(O)C3O)C(O)C2O)C(O)C1O)C(O)/C=C/CC/C=C/CCCCCCCCCCC. The topological polar surface area (TPSA) is 307 Å². The summed E-state index contributed by atoms with van der Waals surface area (Å²) in [6.45, 7) is 1.55. The highest BCUT2D eigenvalue weighted by Crippen LogP contribution is 2.33. The monoisotopic (exact) mass is 1210 g/mol. The van der Waals surface area contributed by atoms with E-state index in [1.54, 1.807) is 6.08 Å². The van der Waals surface area contributed by atoms with Gasteiger partial charge in [0.25, 0.3) is 0 Å². The van der Waals surface area contributed by atoms with Gasteiger partial charge in [0.1, 0.15) is 73.2 Å². The Hall–Kier alpha value is -3.29. The lowest BCUT2D eigenvalue weighted by Crippen LogP contribution is -2.66. The molecular weight excluding hydrogens is 1090 g/mol. The van der Waals surface area contributed by atoms with E-state index in [0.29, 0.717) is 12.8 Å². The molecule has 0 aromatic rings. The Balaban J connectivity index is 1.48. The molecule has 17 unspecified atom stereocenters. The molecule has 85 heavy (non-hydrogen) atoms. The maximum absolute atomic E-state index is 13.4. The molecule has 0 spiro atoms. The Labute approximate surface area is 507 Å². The zero-order valence-corrected chi connectivity index (χ0v) is 51.0. The quantitative estimate of drug-likeness (QED) is 0.0217. The van der Waals surface area contributed by atoms with Gasteiger partial charge in [-0.1, -0.05) is 188 Å². The van der Waals surface area contributed by atoms with Crippen molar-refractivity contribution in [2.24, 2.45) is 0 Å². The summed E-state index contributed by atoms with van der Waals surface area (Å²) in [5.74, 6) is -0.305. The summed E-state index contributed by atoms with van der Waals surface area (Å²) >= 11 is 0. The van der Waals surface area contributed by atoms with Crippen molar-refractivity contribution in [3.05, 3.63) is 97.2 Å². The summed E-state index contributed by atoms with van der Waals surface area (Å²) in [4.78, 5) is 13.4. The highest BCUT2D eigenvalue weighted by atomic mass is 16.8. The second-order valence-electron chi connectivity index (χ2n) is 22.5. The predicted molar refractivity (Wildman–Crippen MR) is 327 cm³/mol. The van der Waals surface area contributed by atoms with Crippen molar-refractivity contribution in [1.82, 2.24) is 5.32 Å². The smallest absolute Gasteiger partial charge is 0.220 e. The Morgan fingerprint density at radius 1 is 0.435 bits per heavy atom. The molecule has 3 aliphatic rings. The van der Waals surface area contributed by atoms with Crippen molar-refractivity contribution in [2.45, 2.75) is 285 Å². The van der Waals surface area contributed by atoms with E-state index in [0.717, 1.165) is 96.3 Å². The number of rotatable bonds is 46. The number of unbranched alkanes of at least 4 members (excludes halogenated alkanes) is 16. The summed E-state index contributed by atoms with van der Waals surface area (Å²) < 4.78 is 34.2. The molecule has 17 atom stereocenters. The number of ether oxygens (including phenoxy) is 6. The highest BCUT2D eigenvalue weighted by molar-refractivity contribution is 5.76. The molecule has 19 nitrogen and oxygen atoms in total. The van der Waals surface area contributed by atoms with Gasteiger partial charge in [-0.25, -0.2) is 0 Å². The maximum Gasteiger partial charge on any atom is 0.220 e. The Morgan fingerprint density at radius 3 is 1.32 bits per heavy atom. The number of carbonyl (C=O) groups is 1. The molecule has 19 heteroatoms. The summed E-state index contributed by atoms with van der Waals surface area (Å²) in [5, 5.41) is 120. The fourth-order valence-corrected chi connectivity index (χ4v) is 10.1. The maximum atomic E-state index is 13.4. The largest absolute Gasteiger partial charge is 0.394 e. The molecule has 1 amide bonds. The van der Waals surface area contributed by atoms with E-state index in [1.165, 1.54) is 51.4 Å². The van der Waals surface area contributed by atoms with Gasteiger partial charge in [-0.3, -0.25) is 4.79 Å². The molecule has 0 saturated carbocycles. The molecule has 0 aromatic carbocycles. The molecule has 0 radical (unpaired) electrons. The van der Waals surface area contributed by atoms with Crippen molar-refractivity contribution in [2.75, 3.05) is 26.4 Å². The Kier molecular flexibility index (Phi) is 42.6. The van der Waals surface area contributed by atoms with E-state index < -0.39 is 124 Å². The third kappa shape index (κ3) is 30.7. The van der Waals surface area contributed by atoms with Crippen LogP contribution < -0.4 is 5.32 Å². The standard InChI is InChI=1S/C66H111NO18/c1-3-5-7-9-11-13-15-17-19-20-21-22-23-24-25-26-27-28-30-32-34-36-38-40-42-44-54(72)67-49(50(71)43-41-39-37-35-33-31-29-18-16-14-12-10-8-6-4-2)48-80-64-60(78)57(75)62(52(46-69)82-64)85-66-61(79)58(76)63(53(47-70)83-66)84-65-59(77)56(74)55(73)51(45-68)81-65/h5,7,11,13,17,19,21-22,24-25,27-28,33,35,41,43,49-53,55-66,68-71,73-79H,3-4,6,8-10,12,14-16,18,20,23,26,29-32,34,36-40,42,44-48H2,1-2H3,(H,67,72)/b7-5-,13-11-,19-17-,22-21-,25-24-,28-27-,35-33+,43-41+. The first-order valence-electron chi connectivity index (χ1n) is 32.0. The van der Waals surface area contributed by atoms with Gasteiger partial charge in [0.15, 0.2) is 18.9 Å². The van der Waals surface area contributed by atoms with Gasteiger partial charge < -0.3 is 89.9 Å². The molecule has 488 valence electrons. The van der Waals surface area contributed by atoms with Crippen LogP contribution >= 0.6 is 0 Å². The van der Waals surface area contributed by atoms with Gasteiger partial charge in [-0.15, -0.1) is 0 Å². The highest BCUT2D eigenvalue weighted by Gasteiger charge is 2.53. The fraction of sp³-hybridized carbons (Fsp3) is 0.742. The third-order valence-corrected chi connectivity index (χ3v) is 15.4. The van der Waals surface area contributed by atoms with E-state index in [-0.39, 0.29) is 18.9 Å². The lowest BCUT2D eigenvalue weighted by molar-refractivity contribution is -0.379. The van der Waals surface area contributed by atoms with Crippen LogP contribution in [0.1, 0.15) is 181 Å². The number of hydrogen-bond donors (Lipinski definition) is 12. The molecule has 0 bridgehead atoms. The molecule has 0 aromatic heterocycles. The molecular formula is C66H111NO18. The fourth-order valence-electron chi connectivity index (χ4n) is 10.1. The first-order chi connectivity index (χ1) is 41.3. The van der Waals surface area contributed by atoms with Crippen LogP contribution in [-0.4, -0.2) is 193 Å². The minimum absolute atomic E-state index is 0.212. The summed E-state index contributed by atoms with van der Waals surface area (Å²) in [5.41, 5.74) is 0. The van der Waals surface area contributed by atoms with E-state index in [4.69, 9.17) is 28.4 Å². The number of nitrogens with one attached hydrogen (secondary N) is 1. The van der Waals surface area contributed by atoms with E-state index >= 15 is 0 Å². The van der Waals surface area contributed by atoms with Crippen LogP contribution in [0.4, 0.5) is 0 Å². The van der Waals surface area contributed by atoms with Crippen LogP contribution in [0.25, 0.3) is 0 Å². The normalized spacial score (nSPS) is 29.6. The predicted octanol–water partition coefficient (Wildman–Crippen LogP) is 6.93. The minimum atomic E-state index is -1.99. The molecule has 3 fully saturated rings. The molecule has 3 rings (SSSR count). The van der Waals surface area contributed by atoms with Crippen molar-refractivity contribution in [3.8, 4) is 0 Å². The van der Waals surface area contributed by atoms with Crippen LogP contribution in [0.3, 0.4) is 0 Å². The minimum Gasteiger partial charge on any atom is -0.394 e. The molecule has 3 heterocycles. The number of carbonyl (C=O) groups excluding carboxylic acids is 1. The molecule has 0 aliphatic carbocycles. The van der Waals surface area contributed by atoms with Crippen LogP contribution in [0, 0.1) is 0 Å². The lowest BCUT2D eigenvalue weighted by Gasteiger charge is -2.48. The molecule has 3 saturated heterocycles. The summed E-state index contributed by atoms with van der Waals surface area (Å²) in [6.07, 6.45) is 33.8. The van der Waals surface area contributed by atoms with Crippen LogP contribution in [0.5, 0.6) is 0 Å². The zero-order chi connectivity index (χ0) is 61.9. The van der Waals surface area contributed by atoms with Crippen molar-refractivity contribution in [3.63, 3.8) is 0 Å². The number of aliphatic hydroxyl groups excluding tert-OH is 11. The number of allylic oxidation sites excluding steroid dienone is 15. The van der Waals surface area contributed by atoms with Gasteiger partial charge >= 0.3 is 0 Å². The van der Waals surface area contributed by atoms with Gasteiger partial charge in [-0.05, 0) is 83.5 Å². The Morgan fingerprint density at radius 2 is 0.824 bits per heavy atom. The molecule has 12 N–H and O–H groups in total. The van der Waals surface area contributed by atoms with Crippen LogP contribution in [-0.2, 0) is 33.2 Å². The van der Waals surface area contributed by atoms with Crippen LogP contribution in [0.15, 0.2) is 97.2 Å². The van der Waals surface area contributed by atoms with E-state index in [9.17, 15) is 61.0 Å². The number of amides is 1. The lowest BCUT2D eigenvalue weighted by atomic mass is 9.96. The second kappa shape index (κ2) is 47.7. The molecule has 3 aliphatic heterocycles. The first-order valence-corrected chi connectivity index (χ1v) is 32.0. The first kappa shape index (κ1) is 76.0. The van der Waals surface area contributed by atoms with Crippen molar-refractivity contribution in [1.29, 1.82) is 0 Å². The average molecular weight is 1210 g/mol. The van der Waals surface area contributed by atoms with Crippen LogP contribution in [0.2, 0.25) is 0 Å². The van der Waals surface area contributed by atoms with Gasteiger partial charge in [-0.2, -0.15) is 0 Å². The third-order valence-electron chi connectivity index (χ3n) is 15.4. The second-order valence-corrected chi connectivity index (χ2v) is 22.5. The summed E-state index contributed by atoms with van der Waals surface area (Å²) in [7, 11) is 0.